The van der Waals surface area contributed by atoms with Crippen LogP contribution in [0.3, 0.4) is 0 Å². The zero-order chi connectivity index (χ0) is 23.5. The van der Waals surface area contributed by atoms with Gasteiger partial charge in [-0.3, -0.25) is 9.59 Å². The lowest BCUT2D eigenvalue weighted by molar-refractivity contribution is -0.118. The zero-order valence-electron chi connectivity index (χ0n) is 18.9. The minimum atomic E-state index is -0.0949. The van der Waals surface area contributed by atoms with E-state index in [-0.39, 0.29) is 23.7 Å². The highest BCUT2D eigenvalue weighted by Gasteiger charge is 2.24. The van der Waals surface area contributed by atoms with Crippen LogP contribution in [-0.2, 0) is 11.2 Å². The van der Waals surface area contributed by atoms with Crippen molar-refractivity contribution in [3.8, 4) is 11.5 Å². The molecular weight excluding hydrogens is 436 g/mol. The number of Topliss-reactive ketones (excluding diaryl/α,β-unsaturated/α-hetero) is 1. The van der Waals surface area contributed by atoms with Gasteiger partial charge in [-0.1, -0.05) is 26.5 Å². The highest BCUT2D eigenvalue weighted by Crippen LogP contribution is 2.34. The first kappa shape index (κ1) is 23.0. The van der Waals surface area contributed by atoms with Crippen LogP contribution in [0.1, 0.15) is 48.2 Å². The SMILES string of the molecule is C=C(CC(C)S/C=C(\N)c1ccc2c(c1)CCN2C(=O)CC)C(=O)c1ccc2c(c1)OCO2. The van der Waals surface area contributed by atoms with Crippen LogP contribution in [0.2, 0.25) is 0 Å². The highest BCUT2D eigenvalue weighted by molar-refractivity contribution is 8.02. The number of benzene rings is 2. The molecule has 1 unspecified atom stereocenters. The molecule has 2 aliphatic heterocycles. The fourth-order valence-corrected chi connectivity index (χ4v) is 4.83. The molecule has 2 heterocycles. The molecule has 1 amide bonds. The molecule has 4 rings (SSSR count). The summed E-state index contributed by atoms with van der Waals surface area (Å²) >= 11 is 1.57. The van der Waals surface area contributed by atoms with Crippen LogP contribution in [-0.4, -0.2) is 30.3 Å². The summed E-state index contributed by atoms with van der Waals surface area (Å²) in [6.07, 6.45) is 1.88. The third-order valence-electron chi connectivity index (χ3n) is 5.83. The topological polar surface area (TPSA) is 81.9 Å². The second-order valence-electron chi connectivity index (χ2n) is 8.22. The molecule has 0 saturated carbocycles. The quantitative estimate of drug-likeness (QED) is 0.441. The Morgan fingerprint density at radius 3 is 2.73 bits per heavy atom. The Kier molecular flexibility index (Phi) is 6.79. The van der Waals surface area contributed by atoms with Crippen molar-refractivity contribution in [2.45, 2.75) is 38.4 Å². The molecule has 0 bridgehead atoms. The lowest BCUT2D eigenvalue weighted by atomic mass is 10.0. The number of hydrogen-bond donors (Lipinski definition) is 1. The number of ether oxygens (including phenoxy) is 2. The number of carbonyl (C=O) groups excluding carboxylic acids is 2. The summed E-state index contributed by atoms with van der Waals surface area (Å²) in [6, 6.07) is 11.2. The number of rotatable bonds is 8. The Bertz CT molecular complexity index is 1140. The van der Waals surface area contributed by atoms with Crippen LogP contribution in [0.5, 0.6) is 11.5 Å². The van der Waals surface area contributed by atoms with Crippen molar-refractivity contribution in [3.05, 3.63) is 70.6 Å². The van der Waals surface area contributed by atoms with Gasteiger partial charge >= 0.3 is 0 Å². The second kappa shape index (κ2) is 9.75. The molecule has 0 fully saturated rings. The van der Waals surface area contributed by atoms with Crippen LogP contribution in [0.25, 0.3) is 5.70 Å². The Labute approximate surface area is 198 Å². The van der Waals surface area contributed by atoms with E-state index in [1.165, 1.54) is 0 Å². The number of fused-ring (bicyclic) bond motifs is 2. The Hall–Kier alpha value is -3.19. The van der Waals surface area contributed by atoms with Crippen molar-refractivity contribution >= 4 is 34.8 Å². The van der Waals surface area contributed by atoms with E-state index >= 15 is 0 Å². The van der Waals surface area contributed by atoms with E-state index in [0.717, 1.165) is 29.8 Å². The van der Waals surface area contributed by atoms with Crippen LogP contribution in [0.15, 0.2) is 54.0 Å². The lowest BCUT2D eigenvalue weighted by Gasteiger charge is -2.16. The smallest absolute Gasteiger partial charge is 0.231 e. The van der Waals surface area contributed by atoms with Crippen molar-refractivity contribution in [2.24, 2.45) is 5.73 Å². The van der Waals surface area contributed by atoms with Gasteiger partial charge in [0.05, 0.1) is 0 Å². The van der Waals surface area contributed by atoms with E-state index in [1.54, 1.807) is 30.0 Å². The summed E-state index contributed by atoms with van der Waals surface area (Å²) in [5, 5.41) is 2.05. The maximum atomic E-state index is 12.8. The maximum absolute atomic E-state index is 12.8. The van der Waals surface area contributed by atoms with Gasteiger partial charge in [-0.15, -0.1) is 11.8 Å². The molecule has 2 N–H and O–H groups in total. The van der Waals surface area contributed by atoms with Crippen molar-refractivity contribution in [2.75, 3.05) is 18.2 Å². The average Bonchev–Trinajstić information content (AvgIpc) is 3.47. The number of allylic oxidation sites excluding steroid dienone is 1. The zero-order valence-corrected chi connectivity index (χ0v) is 19.7. The molecular formula is C26H28N2O4S. The standard InChI is InChI=1S/C26H28N2O4S/c1-4-25(29)28-10-9-19-12-18(5-7-22(19)28)21(27)14-33-17(3)11-16(2)26(30)20-6-8-23-24(13-20)32-15-31-23/h5-8,12-14,17H,2,4,9-11,15,27H2,1,3H3/b21-14-. The first-order valence-electron chi connectivity index (χ1n) is 11.0. The Balaban J connectivity index is 1.35. The number of nitrogens with zero attached hydrogens (tertiary/aromatic N) is 1. The fraction of sp³-hybridized carbons (Fsp3) is 0.308. The normalized spacial score (nSPS) is 15.3. The molecule has 1 atom stereocenters. The number of hydrogen-bond acceptors (Lipinski definition) is 6. The molecule has 172 valence electrons. The van der Waals surface area contributed by atoms with E-state index < -0.39 is 0 Å². The minimum Gasteiger partial charge on any atom is -0.454 e. The molecule has 0 aliphatic carbocycles. The Morgan fingerprint density at radius 2 is 1.94 bits per heavy atom. The van der Waals surface area contributed by atoms with Gasteiger partial charge < -0.3 is 20.1 Å². The lowest BCUT2D eigenvalue weighted by Crippen LogP contribution is -2.27. The molecule has 6 nitrogen and oxygen atoms in total. The van der Waals surface area contributed by atoms with E-state index in [0.29, 0.717) is 41.2 Å². The van der Waals surface area contributed by atoms with Gasteiger partial charge in [0, 0.05) is 35.2 Å². The summed E-state index contributed by atoms with van der Waals surface area (Å²) in [4.78, 5) is 26.7. The van der Waals surface area contributed by atoms with Crippen molar-refractivity contribution in [1.82, 2.24) is 0 Å². The Morgan fingerprint density at radius 1 is 1.18 bits per heavy atom. The molecule has 0 saturated heterocycles. The molecule has 0 aromatic heterocycles. The predicted octanol–water partition coefficient (Wildman–Crippen LogP) is 4.92. The average molecular weight is 465 g/mol. The van der Waals surface area contributed by atoms with E-state index in [9.17, 15) is 9.59 Å². The third-order valence-corrected chi connectivity index (χ3v) is 6.85. The van der Waals surface area contributed by atoms with Crippen LogP contribution >= 0.6 is 11.8 Å². The van der Waals surface area contributed by atoms with Gasteiger partial charge in [-0.25, -0.2) is 0 Å². The predicted molar refractivity (Wildman–Crippen MR) is 133 cm³/mol. The van der Waals surface area contributed by atoms with Gasteiger partial charge in [-0.05, 0) is 65.3 Å². The second-order valence-corrected chi connectivity index (χ2v) is 9.53. The molecule has 7 heteroatoms. The minimum absolute atomic E-state index is 0.0949. The van der Waals surface area contributed by atoms with E-state index in [4.69, 9.17) is 15.2 Å². The summed E-state index contributed by atoms with van der Waals surface area (Å²) in [5.41, 5.74) is 11.2. The first-order valence-corrected chi connectivity index (χ1v) is 12.0. The summed E-state index contributed by atoms with van der Waals surface area (Å²) in [5.74, 6) is 1.29. The van der Waals surface area contributed by atoms with Crippen molar-refractivity contribution in [1.29, 1.82) is 0 Å². The number of thioether (sulfide) groups is 1. The highest BCUT2D eigenvalue weighted by atomic mass is 32.2. The summed E-state index contributed by atoms with van der Waals surface area (Å²) in [7, 11) is 0. The number of ketones is 1. The number of nitrogens with two attached hydrogens (primary N) is 1. The van der Waals surface area contributed by atoms with E-state index in [1.807, 2.05) is 36.3 Å². The van der Waals surface area contributed by atoms with Crippen LogP contribution in [0.4, 0.5) is 5.69 Å². The van der Waals surface area contributed by atoms with Gasteiger partial charge in [0.1, 0.15) is 0 Å². The van der Waals surface area contributed by atoms with Crippen LogP contribution in [0, 0.1) is 0 Å². The van der Waals surface area contributed by atoms with Crippen LogP contribution < -0.4 is 20.1 Å². The van der Waals surface area contributed by atoms with Gasteiger partial charge in [0.15, 0.2) is 17.3 Å². The molecule has 2 aromatic carbocycles. The molecule has 33 heavy (non-hydrogen) atoms. The monoisotopic (exact) mass is 464 g/mol. The van der Waals surface area contributed by atoms with E-state index in [2.05, 4.69) is 12.6 Å². The van der Waals surface area contributed by atoms with Gasteiger partial charge in [0.2, 0.25) is 12.7 Å². The summed E-state index contributed by atoms with van der Waals surface area (Å²) < 4.78 is 10.7. The van der Waals surface area contributed by atoms with Gasteiger partial charge in [-0.2, -0.15) is 0 Å². The molecule has 0 spiro atoms. The van der Waals surface area contributed by atoms with Crippen molar-refractivity contribution in [3.63, 3.8) is 0 Å². The third kappa shape index (κ3) is 4.93. The molecule has 0 radical (unpaired) electrons. The number of carbonyl (C=O) groups is 2. The largest absolute Gasteiger partial charge is 0.454 e. The number of anilines is 1. The van der Waals surface area contributed by atoms with Gasteiger partial charge in [0.25, 0.3) is 0 Å². The molecule has 2 aliphatic rings. The molecule has 2 aromatic rings. The van der Waals surface area contributed by atoms with Crippen molar-refractivity contribution < 1.29 is 19.1 Å². The maximum Gasteiger partial charge on any atom is 0.231 e. The first-order chi connectivity index (χ1) is 15.9. The fourth-order valence-electron chi connectivity index (χ4n) is 4.02. The summed E-state index contributed by atoms with van der Waals surface area (Å²) in [6.45, 7) is 8.82. The number of amides is 1.